The number of likely N-dealkylation sites (N-methyl/N-ethyl adjacent to an activating group) is 1. The lowest BCUT2D eigenvalue weighted by atomic mass is 10.0. The molecule has 0 saturated carbocycles. The summed E-state index contributed by atoms with van der Waals surface area (Å²) in [6, 6.07) is 9.63. The fraction of sp³-hybridized carbons (Fsp3) is 0.682. The Labute approximate surface area is 194 Å². The zero-order chi connectivity index (χ0) is 20.5. The Kier molecular flexibility index (Phi) is 11.9. The average molecular weight is 518 g/mol. The number of likely N-dealkylation sites (tertiary alicyclic amines) is 1. The minimum absolute atomic E-state index is 0. The number of piperidine rings is 1. The van der Waals surface area contributed by atoms with E-state index < -0.39 is 0 Å². The Bertz CT molecular complexity index is 598. The van der Waals surface area contributed by atoms with Gasteiger partial charge in [0.15, 0.2) is 5.96 Å². The van der Waals surface area contributed by atoms with Gasteiger partial charge in [-0.3, -0.25) is 4.99 Å². The van der Waals surface area contributed by atoms with Crippen LogP contribution >= 0.6 is 24.0 Å². The van der Waals surface area contributed by atoms with Crippen molar-refractivity contribution in [2.75, 3.05) is 47.4 Å². The van der Waals surface area contributed by atoms with E-state index in [4.69, 9.17) is 9.73 Å². The van der Waals surface area contributed by atoms with Crippen molar-refractivity contribution < 1.29 is 4.74 Å². The molecular formula is C22H40IN5O. The van der Waals surface area contributed by atoms with Crippen LogP contribution in [0.25, 0.3) is 0 Å². The molecular weight excluding hydrogens is 477 g/mol. The van der Waals surface area contributed by atoms with Crippen molar-refractivity contribution in [2.24, 2.45) is 4.99 Å². The summed E-state index contributed by atoms with van der Waals surface area (Å²) in [6.07, 6.45) is 2.33. The summed E-state index contributed by atoms with van der Waals surface area (Å²) in [7, 11) is 5.90. The second kappa shape index (κ2) is 13.3. The van der Waals surface area contributed by atoms with E-state index in [2.05, 4.69) is 67.4 Å². The summed E-state index contributed by atoms with van der Waals surface area (Å²) >= 11 is 0. The number of aliphatic imine (C=N–C) groups is 1. The molecule has 0 radical (unpaired) electrons. The minimum atomic E-state index is 0. The van der Waals surface area contributed by atoms with Gasteiger partial charge >= 0.3 is 0 Å². The van der Waals surface area contributed by atoms with E-state index in [1.807, 2.05) is 12.1 Å². The quantitative estimate of drug-likeness (QED) is 0.315. The van der Waals surface area contributed by atoms with Crippen LogP contribution in [0.5, 0.6) is 5.75 Å². The first kappa shape index (κ1) is 26.0. The van der Waals surface area contributed by atoms with Crippen molar-refractivity contribution in [3.63, 3.8) is 0 Å². The van der Waals surface area contributed by atoms with Gasteiger partial charge in [-0.25, -0.2) is 0 Å². The first-order chi connectivity index (χ1) is 13.4. The molecule has 0 bridgehead atoms. The predicted octanol–water partition coefficient (Wildman–Crippen LogP) is 3.34. The first-order valence-electron chi connectivity index (χ1n) is 10.5. The fourth-order valence-electron chi connectivity index (χ4n) is 3.64. The fourth-order valence-corrected chi connectivity index (χ4v) is 3.64. The van der Waals surface area contributed by atoms with Crippen molar-refractivity contribution in [1.82, 2.24) is 20.4 Å². The summed E-state index contributed by atoms with van der Waals surface area (Å²) in [4.78, 5) is 9.68. The van der Waals surface area contributed by atoms with Crippen molar-refractivity contribution in [1.29, 1.82) is 0 Å². The van der Waals surface area contributed by atoms with Crippen LogP contribution in [0.3, 0.4) is 0 Å². The normalized spacial score (nSPS) is 17.2. The van der Waals surface area contributed by atoms with Crippen LogP contribution in [0.2, 0.25) is 0 Å². The van der Waals surface area contributed by atoms with Gasteiger partial charge in [-0.05, 0) is 65.4 Å². The molecule has 1 aliphatic heterocycles. The van der Waals surface area contributed by atoms with E-state index in [-0.39, 0.29) is 30.0 Å². The van der Waals surface area contributed by atoms with Gasteiger partial charge in [-0.15, -0.1) is 24.0 Å². The molecule has 2 rings (SSSR count). The SMILES string of the molecule is CCNC(=NCC(c1ccc(OC)cc1)N(C)C)NC1CCN(C(C)C)CC1.I. The molecule has 0 aromatic heterocycles. The highest BCUT2D eigenvalue weighted by molar-refractivity contribution is 14.0. The number of benzene rings is 1. The monoisotopic (exact) mass is 517 g/mol. The number of hydrogen-bond donors (Lipinski definition) is 2. The van der Waals surface area contributed by atoms with E-state index in [0.717, 1.165) is 44.2 Å². The molecule has 1 aromatic rings. The number of halogens is 1. The van der Waals surface area contributed by atoms with Gasteiger partial charge in [0.25, 0.3) is 0 Å². The number of rotatable bonds is 8. The van der Waals surface area contributed by atoms with E-state index in [1.54, 1.807) is 7.11 Å². The molecule has 1 saturated heterocycles. The van der Waals surface area contributed by atoms with E-state index in [0.29, 0.717) is 18.6 Å². The molecule has 29 heavy (non-hydrogen) atoms. The van der Waals surface area contributed by atoms with Crippen LogP contribution in [-0.4, -0.2) is 75.2 Å². The number of ether oxygens (including phenoxy) is 1. The van der Waals surface area contributed by atoms with Crippen LogP contribution in [0, 0.1) is 0 Å². The second-order valence-electron chi connectivity index (χ2n) is 8.02. The highest BCUT2D eigenvalue weighted by atomic mass is 127. The van der Waals surface area contributed by atoms with E-state index in [9.17, 15) is 0 Å². The molecule has 1 atom stereocenters. The number of nitrogens with zero attached hydrogens (tertiary/aromatic N) is 3. The molecule has 1 fully saturated rings. The van der Waals surface area contributed by atoms with Gasteiger partial charge in [-0.2, -0.15) is 0 Å². The summed E-state index contributed by atoms with van der Waals surface area (Å²) in [6.45, 7) is 10.6. The Morgan fingerprint density at radius 1 is 1.21 bits per heavy atom. The molecule has 166 valence electrons. The van der Waals surface area contributed by atoms with Crippen molar-refractivity contribution >= 4 is 29.9 Å². The number of methoxy groups -OCH3 is 1. The van der Waals surface area contributed by atoms with Gasteiger partial charge in [0.2, 0.25) is 0 Å². The molecule has 6 nitrogen and oxygen atoms in total. The Morgan fingerprint density at radius 2 is 1.83 bits per heavy atom. The zero-order valence-electron chi connectivity index (χ0n) is 18.9. The third-order valence-electron chi connectivity index (χ3n) is 5.49. The Balaban J connectivity index is 0.00000420. The number of guanidine groups is 1. The Morgan fingerprint density at radius 3 is 2.31 bits per heavy atom. The van der Waals surface area contributed by atoms with Crippen LogP contribution in [0.4, 0.5) is 0 Å². The summed E-state index contributed by atoms with van der Waals surface area (Å²) in [5.41, 5.74) is 1.25. The van der Waals surface area contributed by atoms with Gasteiger partial charge in [-0.1, -0.05) is 12.1 Å². The van der Waals surface area contributed by atoms with E-state index in [1.165, 1.54) is 5.56 Å². The van der Waals surface area contributed by atoms with Gasteiger partial charge in [0.1, 0.15) is 5.75 Å². The maximum Gasteiger partial charge on any atom is 0.191 e. The molecule has 1 aromatic carbocycles. The maximum atomic E-state index is 5.28. The van der Waals surface area contributed by atoms with Crippen molar-refractivity contribution in [3.8, 4) is 5.75 Å². The van der Waals surface area contributed by atoms with Crippen LogP contribution in [0.15, 0.2) is 29.3 Å². The van der Waals surface area contributed by atoms with Crippen LogP contribution in [-0.2, 0) is 0 Å². The largest absolute Gasteiger partial charge is 0.497 e. The number of nitrogens with one attached hydrogen (secondary N) is 2. The van der Waals surface area contributed by atoms with Crippen LogP contribution in [0.1, 0.15) is 45.2 Å². The Hall–Kier alpha value is -1.06. The highest BCUT2D eigenvalue weighted by Gasteiger charge is 2.21. The molecule has 0 amide bonds. The molecule has 0 spiro atoms. The third kappa shape index (κ3) is 8.30. The molecule has 1 aliphatic rings. The third-order valence-corrected chi connectivity index (χ3v) is 5.49. The molecule has 2 N–H and O–H groups in total. The first-order valence-corrected chi connectivity index (χ1v) is 10.5. The standard InChI is InChI=1S/C22H39N5O.HI/c1-7-23-22(25-19-12-14-27(15-13-19)17(2)3)24-16-21(26(4)5)18-8-10-20(28-6)11-9-18;/h8-11,17,19,21H,7,12-16H2,1-6H3,(H2,23,24,25);1H. The molecule has 1 heterocycles. The minimum Gasteiger partial charge on any atom is -0.497 e. The van der Waals surface area contributed by atoms with Gasteiger partial charge in [0, 0.05) is 31.7 Å². The zero-order valence-corrected chi connectivity index (χ0v) is 21.3. The summed E-state index contributed by atoms with van der Waals surface area (Å²) < 4.78 is 5.28. The number of hydrogen-bond acceptors (Lipinski definition) is 4. The lowest BCUT2D eigenvalue weighted by Crippen LogP contribution is -2.50. The average Bonchev–Trinajstić information content (AvgIpc) is 2.69. The summed E-state index contributed by atoms with van der Waals surface area (Å²) in [5, 5.41) is 7.07. The maximum absolute atomic E-state index is 5.28. The van der Waals surface area contributed by atoms with Crippen LogP contribution < -0.4 is 15.4 Å². The smallest absolute Gasteiger partial charge is 0.191 e. The van der Waals surface area contributed by atoms with Gasteiger partial charge in [0.05, 0.1) is 19.7 Å². The highest BCUT2D eigenvalue weighted by Crippen LogP contribution is 2.21. The molecule has 0 aliphatic carbocycles. The predicted molar refractivity (Wildman–Crippen MR) is 134 cm³/mol. The second-order valence-corrected chi connectivity index (χ2v) is 8.02. The lowest BCUT2D eigenvalue weighted by Gasteiger charge is -2.35. The van der Waals surface area contributed by atoms with Crippen molar-refractivity contribution in [3.05, 3.63) is 29.8 Å². The van der Waals surface area contributed by atoms with Crippen molar-refractivity contribution in [2.45, 2.75) is 51.7 Å². The van der Waals surface area contributed by atoms with Gasteiger partial charge < -0.3 is 25.2 Å². The lowest BCUT2D eigenvalue weighted by molar-refractivity contribution is 0.167. The van der Waals surface area contributed by atoms with E-state index >= 15 is 0 Å². The topological polar surface area (TPSA) is 52.1 Å². The molecule has 1 unspecified atom stereocenters. The summed E-state index contributed by atoms with van der Waals surface area (Å²) in [5.74, 6) is 1.80. The molecule has 7 heteroatoms.